The van der Waals surface area contributed by atoms with Gasteiger partial charge in [0.05, 0.1) is 13.0 Å². The van der Waals surface area contributed by atoms with E-state index >= 15 is 0 Å². The summed E-state index contributed by atoms with van der Waals surface area (Å²) in [5.74, 6) is 1.32. The van der Waals surface area contributed by atoms with Crippen LogP contribution in [0.5, 0.6) is 11.5 Å². The average Bonchev–Trinajstić information content (AvgIpc) is 2.67. The van der Waals surface area contributed by atoms with Crippen LogP contribution in [0.1, 0.15) is 30.9 Å². The van der Waals surface area contributed by atoms with Gasteiger partial charge in [0.2, 0.25) is 5.88 Å². The highest BCUT2D eigenvalue weighted by Crippen LogP contribution is 2.43. The third kappa shape index (κ3) is 3.06. The van der Waals surface area contributed by atoms with Gasteiger partial charge in [0.15, 0.2) is 0 Å². The van der Waals surface area contributed by atoms with Crippen molar-refractivity contribution in [2.24, 2.45) is 5.73 Å². The maximum absolute atomic E-state index is 9.66. The Bertz CT molecular complexity index is 879. The second-order valence-electron chi connectivity index (χ2n) is 6.10. The molecule has 1 aliphatic rings. The van der Waals surface area contributed by atoms with Crippen LogP contribution in [0.4, 0.5) is 5.69 Å². The van der Waals surface area contributed by atoms with Crippen molar-refractivity contribution < 1.29 is 9.47 Å². The minimum Gasteiger partial charge on any atom is -0.497 e. The van der Waals surface area contributed by atoms with Crippen molar-refractivity contribution in [1.29, 1.82) is 5.26 Å². The fraction of sp³-hybridized carbons (Fsp3) is 0.286. The van der Waals surface area contributed by atoms with Crippen molar-refractivity contribution in [3.8, 4) is 17.6 Å². The van der Waals surface area contributed by atoms with E-state index < -0.39 is 0 Å². The van der Waals surface area contributed by atoms with Crippen LogP contribution in [0.2, 0.25) is 0 Å². The van der Waals surface area contributed by atoms with Gasteiger partial charge in [-0.15, -0.1) is 0 Å². The molecule has 0 amide bonds. The zero-order valence-electron chi connectivity index (χ0n) is 15.3. The molecule has 2 aromatic rings. The van der Waals surface area contributed by atoms with E-state index in [1.165, 1.54) is 0 Å². The van der Waals surface area contributed by atoms with Crippen LogP contribution < -0.4 is 20.1 Å². The van der Waals surface area contributed by atoms with Gasteiger partial charge >= 0.3 is 0 Å². The Labute approximate surface area is 154 Å². The molecule has 5 heteroatoms. The number of nitrogens with two attached hydrogens (primary N) is 1. The molecule has 134 valence electrons. The molecule has 0 aliphatic carbocycles. The van der Waals surface area contributed by atoms with E-state index in [0.717, 1.165) is 35.7 Å². The van der Waals surface area contributed by atoms with E-state index in [4.69, 9.17) is 15.2 Å². The van der Waals surface area contributed by atoms with Gasteiger partial charge in [0, 0.05) is 30.4 Å². The fourth-order valence-corrected chi connectivity index (χ4v) is 3.39. The molecular weight excluding hydrogens is 326 g/mol. The molecule has 0 saturated heterocycles. The summed E-state index contributed by atoms with van der Waals surface area (Å²) in [7, 11) is 1.63. The van der Waals surface area contributed by atoms with Gasteiger partial charge in [-0.3, -0.25) is 0 Å². The maximum atomic E-state index is 9.66. The van der Waals surface area contributed by atoms with Gasteiger partial charge in [0.1, 0.15) is 23.1 Å². The van der Waals surface area contributed by atoms with E-state index in [0.29, 0.717) is 11.3 Å². The number of allylic oxidation sites excluding steroid dienone is 1. The summed E-state index contributed by atoms with van der Waals surface area (Å²) in [5, 5.41) is 9.66. The minimum absolute atomic E-state index is 0.157. The first-order valence-corrected chi connectivity index (χ1v) is 8.73. The molecule has 0 radical (unpaired) electrons. The van der Waals surface area contributed by atoms with E-state index in [-0.39, 0.29) is 11.8 Å². The second kappa shape index (κ2) is 7.40. The lowest BCUT2D eigenvalue weighted by atomic mass is 9.83. The number of nitriles is 1. The van der Waals surface area contributed by atoms with Gasteiger partial charge in [-0.1, -0.05) is 18.2 Å². The Morgan fingerprint density at radius 2 is 1.96 bits per heavy atom. The molecule has 2 aromatic carbocycles. The predicted octanol–water partition coefficient (Wildman–Crippen LogP) is 3.76. The first-order chi connectivity index (χ1) is 12.6. The lowest BCUT2D eigenvalue weighted by molar-refractivity contribution is 0.393. The zero-order valence-corrected chi connectivity index (χ0v) is 15.3. The van der Waals surface area contributed by atoms with Gasteiger partial charge in [0.25, 0.3) is 0 Å². The van der Waals surface area contributed by atoms with Crippen LogP contribution in [0, 0.1) is 11.3 Å². The van der Waals surface area contributed by atoms with Gasteiger partial charge in [-0.2, -0.15) is 5.26 Å². The molecule has 3 rings (SSSR count). The Hall–Kier alpha value is -3.13. The standard InChI is InChI=1S/C21H23N3O2/c1-4-24(5-2)15-9-10-17-19(12-15)26-21(23)18(13-22)20(17)14-7-6-8-16(11-14)25-3/h6-12,20H,4-5,23H2,1-3H3. The SMILES string of the molecule is CCN(CC)c1ccc2c(c1)OC(N)=C(C#N)C2c1cccc(OC)c1. The number of methoxy groups -OCH3 is 1. The van der Waals surface area contributed by atoms with Crippen molar-refractivity contribution >= 4 is 5.69 Å². The van der Waals surface area contributed by atoms with Crippen molar-refractivity contribution in [2.75, 3.05) is 25.1 Å². The summed E-state index contributed by atoms with van der Waals surface area (Å²) in [4.78, 5) is 2.24. The van der Waals surface area contributed by atoms with Crippen molar-refractivity contribution in [3.63, 3.8) is 0 Å². The zero-order chi connectivity index (χ0) is 18.7. The van der Waals surface area contributed by atoms with Gasteiger partial charge in [-0.05, 0) is 37.6 Å². The predicted molar refractivity (Wildman–Crippen MR) is 102 cm³/mol. The summed E-state index contributed by atoms with van der Waals surface area (Å²) in [6.45, 7) is 6.04. The van der Waals surface area contributed by atoms with E-state index in [9.17, 15) is 5.26 Å². The van der Waals surface area contributed by atoms with Crippen molar-refractivity contribution in [1.82, 2.24) is 0 Å². The fourth-order valence-electron chi connectivity index (χ4n) is 3.39. The Kier molecular flexibility index (Phi) is 5.04. The first kappa shape index (κ1) is 17.7. The third-order valence-corrected chi connectivity index (χ3v) is 4.76. The highest BCUT2D eigenvalue weighted by Gasteiger charge is 2.31. The highest BCUT2D eigenvalue weighted by atomic mass is 16.5. The molecule has 1 aliphatic heterocycles. The monoisotopic (exact) mass is 349 g/mol. The molecule has 0 aromatic heterocycles. The number of hydrogen-bond donors (Lipinski definition) is 1. The molecule has 1 heterocycles. The minimum atomic E-state index is -0.274. The summed E-state index contributed by atoms with van der Waals surface area (Å²) in [6, 6.07) is 16.0. The number of benzene rings is 2. The molecule has 26 heavy (non-hydrogen) atoms. The molecule has 5 nitrogen and oxygen atoms in total. The van der Waals surface area contributed by atoms with E-state index in [1.807, 2.05) is 36.4 Å². The number of anilines is 1. The molecule has 0 spiro atoms. The van der Waals surface area contributed by atoms with E-state index in [2.05, 4.69) is 30.9 Å². The third-order valence-electron chi connectivity index (χ3n) is 4.76. The second-order valence-corrected chi connectivity index (χ2v) is 6.10. The van der Waals surface area contributed by atoms with Crippen LogP contribution in [0.25, 0.3) is 0 Å². The van der Waals surface area contributed by atoms with Crippen molar-refractivity contribution in [2.45, 2.75) is 19.8 Å². The highest BCUT2D eigenvalue weighted by molar-refractivity contribution is 5.61. The summed E-state index contributed by atoms with van der Waals surface area (Å²) in [6.07, 6.45) is 0. The Morgan fingerprint density at radius 3 is 2.62 bits per heavy atom. The molecule has 2 N–H and O–H groups in total. The number of ether oxygens (including phenoxy) is 2. The molecular formula is C21H23N3O2. The molecule has 0 saturated carbocycles. The molecule has 1 atom stereocenters. The number of nitrogens with zero attached hydrogens (tertiary/aromatic N) is 2. The lowest BCUT2D eigenvalue weighted by Crippen LogP contribution is -2.24. The van der Waals surface area contributed by atoms with Crippen LogP contribution >= 0.6 is 0 Å². The lowest BCUT2D eigenvalue weighted by Gasteiger charge is -2.29. The topological polar surface area (TPSA) is 71.5 Å². The number of rotatable bonds is 5. The molecule has 1 unspecified atom stereocenters. The summed E-state index contributed by atoms with van der Waals surface area (Å²) >= 11 is 0. The van der Waals surface area contributed by atoms with Crippen LogP contribution in [0.3, 0.4) is 0 Å². The summed E-state index contributed by atoms with van der Waals surface area (Å²) < 4.78 is 11.1. The summed E-state index contributed by atoms with van der Waals surface area (Å²) in [5.41, 5.74) is 9.46. The number of fused-ring (bicyclic) bond motifs is 1. The maximum Gasteiger partial charge on any atom is 0.205 e. The van der Waals surface area contributed by atoms with Crippen LogP contribution in [-0.2, 0) is 0 Å². The first-order valence-electron chi connectivity index (χ1n) is 8.73. The molecule has 0 fully saturated rings. The van der Waals surface area contributed by atoms with Crippen LogP contribution in [0.15, 0.2) is 53.9 Å². The van der Waals surface area contributed by atoms with Gasteiger partial charge < -0.3 is 20.1 Å². The Morgan fingerprint density at radius 1 is 1.19 bits per heavy atom. The number of hydrogen-bond acceptors (Lipinski definition) is 5. The smallest absolute Gasteiger partial charge is 0.205 e. The van der Waals surface area contributed by atoms with Crippen molar-refractivity contribution in [3.05, 3.63) is 65.0 Å². The Balaban J connectivity index is 2.14. The molecule has 0 bridgehead atoms. The van der Waals surface area contributed by atoms with Gasteiger partial charge in [-0.25, -0.2) is 0 Å². The largest absolute Gasteiger partial charge is 0.497 e. The normalized spacial score (nSPS) is 15.7. The van der Waals surface area contributed by atoms with Crippen LogP contribution in [-0.4, -0.2) is 20.2 Å². The van der Waals surface area contributed by atoms with E-state index in [1.54, 1.807) is 7.11 Å². The average molecular weight is 349 g/mol. The quantitative estimate of drug-likeness (QED) is 0.890.